The molecule has 1 aliphatic rings. The number of rotatable bonds is 2. The molecule has 1 aliphatic heterocycles. The molecule has 0 spiro atoms. The predicted molar refractivity (Wildman–Crippen MR) is 57.6 cm³/mol. The van der Waals surface area contributed by atoms with Crippen LogP contribution in [0, 0.1) is 5.92 Å². The second-order valence-corrected chi connectivity index (χ2v) is 3.74. The molecule has 16 heavy (non-hydrogen) atoms. The van der Waals surface area contributed by atoms with Gasteiger partial charge in [-0.25, -0.2) is 4.79 Å². The van der Waals surface area contributed by atoms with E-state index in [0.29, 0.717) is 18.8 Å². The van der Waals surface area contributed by atoms with E-state index in [9.17, 15) is 9.90 Å². The highest BCUT2D eigenvalue weighted by atomic mass is 16.5. The Morgan fingerprint density at radius 3 is 3.06 bits per heavy atom. The first-order chi connectivity index (χ1) is 7.66. The topological polar surface area (TPSA) is 66.8 Å². The first-order valence-electron chi connectivity index (χ1n) is 5.01. The highest BCUT2D eigenvalue weighted by molar-refractivity contribution is 5.79. The van der Waals surface area contributed by atoms with Crippen LogP contribution < -0.4 is 4.74 Å². The minimum absolute atomic E-state index is 0.0467. The molecule has 1 atom stereocenters. The third-order valence-electron chi connectivity index (χ3n) is 2.51. The van der Waals surface area contributed by atoms with Crippen molar-refractivity contribution in [1.82, 2.24) is 0 Å². The van der Waals surface area contributed by atoms with Crippen molar-refractivity contribution < 1.29 is 19.7 Å². The number of para-hydroxylation sites is 1. The lowest BCUT2D eigenvalue weighted by Gasteiger charge is -2.23. The van der Waals surface area contributed by atoms with Crippen molar-refractivity contribution in [3.05, 3.63) is 35.9 Å². The Hall–Kier alpha value is -1.97. The molecule has 84 valence electrons. The highest BCUT2D eigenvalue weighted by Crippen LogP contribution is 2.35. The van der Waals surface area contributed by atoms with Crippen molar-refractivity contribution in [2.24, 2.45) is 5.92 Å². The quantitative estimate of drug-likeness (QED) is 0.742. The first kappa shape index (κ1) is 10.5. The summed E-state index contributed by atoms with van der Waals surface area (Å²) in [6, 6.07) is 5.20. The van der Waals surface area contributed by atoms with Crippen LogP contribution in [0.15, 0.2) is 30.4 Å². The molecule has 4 nitrogen and oxygen atoms in total. The number of carbonyl (C=O) groups is 1. The van der Waals surface area contributed by atoms with Crippen molar-refractivity contribution in [3.8, 4) is 11.5 Å². The molecule has 0 saturated heterocycles. The number of fused-ring (bicyclic) bond motifs is 1. The molecule has 0 aromatic heterocycles. The fourth-order valence-corrected chi connectivity index (χ4v) is 1.77. The summed E-state index contributed by atoms with van der Waals surface area (Å²) in [5.41, 5.74) is 0.909. The van der Waals surface area contributed by atoms with Crippen molar-refractivity contribution in [3.63, 3.8) is 0 Å². The molecule has 1 unspecified atom stereocenters. The summed E-state index contributed by atoms with van der Waals surface area (Å²) in [6.45, 7) is 0.397. The zero-order valence-corrected chi connectivity index (χ0v) is 8.59. The molecule has 0 fully saturated rings. The van der Waals surface area contributed by atoms with E-state index >= 15 is 0 Å². The molecular formula is C12H12O4. The Morgan fingerprint density at radius 2 is 2.31 bits per heavy atom. The number of carboxylic acids is 1. The Kier molecular flexibility index (Phi) is 2.81. The summed E-state index contributed by atoms with van der Waals surface area (Å²) < 4.78 is 5.40. The second-order valence-electron chi connectivity index (χ2n) is 3.74. The van der Waals surface area contributed by atoms with Gasteiger partial charge < -0.3 is 14.9 Å². The van der Waals surface area contributed by atoms with E-state index in [-0.39, 0.29) is 11.7 Å². The van der Waals surface area contributed by atoms with Gasteiger partial charge in [-0.15, -0.1) is 0 Å². The zero-order chi connectivity index (χ0) is 11.5. The number of hydrogen-bond acceptors (Lipinski definition) is 3. The van der Waals surface area contributed by atoms with Gasteiger partial charge in [0.2, 0.25) is 0 Å². The molecule has 2 N–H and O–H groups in total. The molecule has 4 heteroatoms. The van der Waals surface area contributed by atoms with Gasteiger partial charge in [0.1, 0.15) is 0 Å². The largest absolute Gasteiger partial charge is 0.504 e. The molecular weight excluding hydrogens is 208 g/mol. The summed E-state index contributed by atoms with van der Waals surface area (Å²) in [5, 5.41) is 18.0. The predicted octanol–water partition coefficient (Wildman–Crippen LogP) is 1.58. The molecule has 0 radical (unpaired) electrons. The van der Waals surface area contributed by atoms with Gasteiger partial charge in [-0.2, -0.15) is 0 Å². The lowest BCUT2D eigenvalue weighted by Crippen LogP contribution is -2.19. The average Bonchev–Trinajstić information content (AvgIpc) is 2.26. The lowest BCUT2D eigenvalue weighted by molar-refractivity contribution is -0.131. The van der Waals surface area contributed by atoms with Crippen LogP contribution >= 0.6 is 0 Å². The van der Waals surface area contributed by atoms with Gasteiger partial charge in [0, 0.05) is 12.0 Å². The van der Waals surface area contributed by atoms with E-state index < -0.39 is 5.97 Å². The zero-order valence-electron chi connectivity index (χ0n) is 8.59. The normalized spacial score (nSPS) is 19.1. The number of aromatic hydroxyl groups is 1. The average molecular weight is 220 g/mol. The molecule has 1 aromatic rings. The standard InChI is InChI=1S/C12H12O4/c13-10-3-1-2-9-6-8(4-5-11(14)15)7-16-12(9)10/h1-5,8,13H,6-7H2,(H,14,15)/b5-4+. The van der Waals surface area contributed by atoms with E-state index in [0.717, 1.165) is 11.6 Å². The maximum absolute atomic E-state index is 10.4. The Bertz CT molecular complexity index is 437. The SMILES string of the molecule is O=C(O)/C=C/C1COc2c(O)cccc2C1. The van der Waals surface area contributed by atoms with Crippen molar-refractivity contribution in [2.75, 3.05) is 6.61 Å². The molecule has 2 rings (SSSR count). The third kappa shape index (κ3) is 2.16. The maximum atomic E-state index is 10.4. The van der Waals surface area contributed by atoms with E-state index in [1.807, 2.05) is 6.07 Å². The van der Waals surface area contributed by atoms with Gasteiger partial charge >= 0.3 is 5.97 Å². The summed E-state index contributed by atoms with van der Waals surface area (Å²) in [4.78, 5) is 10.4. The fraction of sp³-hybridized carbons (Fsp3) is 0.250. The minimum atomic E-state index is -0.957. The van der Waals surface area contributed by atoms with Gasteiger partial charge in [0.05, 0.1) is 6.61 Å². The van der Waals surface area contributed by atoms with Gasteiger partial charge in [0.15, 0.2) is 11.5 Å². The Morgan fingerprint density at radius 1 is 1.50 bits per heavy atom. The van der Waals surface area contributed by atoms with E-state index in [1.165, 1.54) is 0 Å². The number of ether oxygens (including phenoxy) is 1. The van der Waals surface area contributed by atoms with Crippen LogP contribution in [-0.4, -0.2) is 22.8 Å². The van der Waals surface area contributed by atoms with Crippen molar-refractivity contribution in [1.29, 1.82) is 0 Å². The number of phenols is 1. The van der Waals surface area contributed by atoms with Crippen LogP contribution in [0.4, 0.5) is 0 Å². The van der Waals surface area contributed by atoms with Gasteiger partial charge in [-0.1, -0.05) is 18.2 Å². The van der Waals surface area contributed by atoms with Crippen molar-refractivity contribution in [2.45, 2.75) is 6.42 Å². The molecule has 0 aliphatic carbocycles. The van der Waals surface area contributed by atoms with Gasteiger partial charge in [-0.3, -0.25) is 0 Å². The summed E-state index contributed by atoms with van der Waals surface area (Å²) >= 11 is 0. The smallest absolute Gasteiger partial charge is 0.327 e. The number of aliphatic carboxylic acids is 1. The van der Waals surface area contributed by atoms with E-state index in [1.54, 1.807) is 18.2 Å². The number of hydrogen-bond donors (Lipinski definition) is 2. The highest BCUT2D eigenvalue weighted by Gasteiger charge is 2.20. The van der Waals surface area contributed by atoms with Gasteiger partial charge in [-0.05, 0) is 18.1 Å². The second kappa shape index (κ2) is 4.26. The molecule has 1 heterocycles. The van der Waals surface area contributed by atoms with Gasteiger partial charge in [0.25, 0.3) is 0 Å². The fourth-order valence-electron chi connectivity index (χ4n) is 1.77. The lowest BCUT2D eigenvalue weighted by atomic mass is 9.96. The maximum Gasteiger partial charge on any atom is 0.327 e. The Balaban J connectivity index is 2.15. The number of benzene rings is 1. The third-order valence-corrected chi connectivity index (χ3v) is 2.51. The molecule has 1 aromatic carbocycles. The summed E-state index contributed by atoms with van der Waals surface area (Å²) in [5.74, 6) is -0.257. The van der Waals surface area contributed by atoms with Crippen LogP contribution in [0.25, 0.3) is 0 Å². The van der Waals surface area contributed by atoms with Crippen LogP contribution in [-0.2, 0) is 11.2 Å². The van der Waals surface area contributed by atoms with Crippen LogP contribution in [0.1, 0.15) is 5.56 Å². The molecule has 0 saturated carbocycles. The van der Waals surface area contributed by atoms with E-state index in [2.05, 4.69) is 0 Å². The van der Waals surface area contributed by atoms with E-state index in [4.69, 9.17) is 9.84 Å². The summed E-state index contributed by atoms with van der Waals surface area (Å²) in [6.07, 6.45) is 3.44. The molecule has 0 bridgehead atoms. The van der Waals surface area contributed by atoms with Crippen molar-refractivity contribution >= 4 is 5.97 Å². The monoisotopic (exact) mass is 220 g/mol. The van der Waals surface area contributed by atoms with Crippen LogP contribution in [0.3, 0.4) is 0 Å². The summed E-state index contributed by atoms with van der Waals surface area (Å²) in [7, 11) is 0. The molecule has 0 amide bonds. The van der Waals surface area contributed by atoms with Crippen LogP contribution in [0.5, 0.6) is 11.5 Å². The first-order valence-corrected chi connectivity index (χ1v) is 5.01. The number of phenolic OH excluding ortho intramolecular Hbond substituents is 1. The minimum Gasteiger partial charge on any atom is -0.504 e. The Labute approximate surface area is 92.8 Å². The van der Waals surface area contributed by atoms with Crippen LogP contribution in [0.2, 0.25) is 0 Å². The number of carboxylic acid groups (broad SMARTS) is 1.